The maximum absolute atomic E-state index is 13.1. The SMILES string of the molecule is CN(C(=S)Nc1ccccc1)c1cccc(F)c1. The molecule has 92 valence electrons. The molecule has 0 spiro atoms. The van der Waals surface area contributed by atoms with Crippen molar-refractivity contribution in [2.75, 3.05) is 17.3 Å². The predicted molar refractivity (Wildman–Crippen MR) is 77.5 cm³/mol. The number of hydrogen-bond acceptors (Lipinski definition) is 1. The van der Waals surface area contributed by atoms with Gasteiger partial charge in [0.1, 0.15) is 5.82 Å². The van der Waals surface area contributed by atoms with Crippen LogP contribution in [0, 0.1) is 5.82 Å². The number of benzene rings is 2. The largest absolute Gasteiger partial charge is 0.332 e. The molecule has 0 saturated heterocycles. The molecule has 0 bridgehead atoms. The Morgan fingerprint density at radius 2 is 1.83 bits per heavy atom. The molecule has 0 fully saturated rings. The van der Waals surface area contributed by atoms with E-state index in [1.807, 2.05) is 36.4 Å². The molecule has 0 aliphatic heterocycles. The normalized spacial score (nSPS) is 9.89. The van der Waals surface area contributed by atoms with E-state index in [2.05, 4.69) is 5.32 Å². The number of rotatable bonds is 2. The lowest BCUT2D eigenvalue weighted by atomic mass is 10.3. The second-order valence-electron chi connectivity index (χ2n) is 3.84. The average Bonchev–Trinajstić information content (AvgIpc) is 2.39. The molecule has 0 aromatic heterocycles. The first-order valence-electron chi connectivity index (χ1n) is 5.52. The quantitative estimate of drug-likeness (QED) is 0.830. The van der Waals surface area contributed by atoms with Crippen LogP contribution in [0.3, 0.4) is 0 Å². The molecule has 0 radical (unpaired) electrons. The van der Waals surface area contributed by atoms with E-state index in [1.54, 1.807) is 18.0 Å². The summed E-state index contributed by atoms with van der Waals surface area (Å²) in [6.07, 6.45) is 0. The summed E-state index contributed by atoms with van der Waals surface area (Å²) in [5.41, 5.74) is 1.62. The smallest absolute Gasteiger partial charge is 0.177 e. The number of nitrogens with one attached hydrogen (secondary N) is 1. The van der Waals surface area contributed by atoms with Crippen LogP contribution in [0.25, 0.3) is 0 Å². The third-order valence-corrected chi connectivity index (χ3v) is 2.90. The highest BCUT2D eigenvalue weighted by Crippen LogP contribution is 2.15. The molecule has 2 rings (SSSR count). The Kier molecular flexibility index (Phi) is 3.89. The van der Waals surface area contributed by atoms with Gasteiger partial charge in [0.15, 0.2) is 5.11 Å². The van der Waals surface area contributed by atoms with Gasteiger partial charge in [-0.25, -0.2) is 4.39 Å². The lowest BCUT2D eigenvalue weighted by Crippen LogP contribution is -2.30. The van der Waals surface area contributed by atoms with Gasteiger partial charge in [0.2, 0.25) is 0 Å². The van der Waals surface area contributed by atoms with Crippen LogP contribution < -0.4 is 10.2 Å². The van der Waals surface area contributed by atoms with E-state index in [1.165, 1.54) is 12.1 Å². The van der Waals surface area contributed by atoms with Gasteiger partial charge in [0.05, 0.1) is 0 Å². The molecule has 0 aliphatic rings. The Balaban J connectivity index is 2.10. The predicted octanol–water partition coefficient (Wildman–Crippen LogP) is 3.66. The highest BCUT2D eigenvalue weighted by molar-refractivity contribution is 7.80. The van der Waals surface area contributed by atoms with Crippen LogP contribution in [-0.4, -0.2) is 12.2 Å². The van der Waals surface area contributed by atoms with Gasteiger partial charge in [0, 0.05) is 18.4 Å². The van der Waals surface area contributed by atoms with Gasteiger partial charge in [-0.1, -0.05) is 24.3 Å². The average molecular weight is 260 g/mol. The second kappa shape index (κ2) is 5.60. The molecule has 0 saturated carbocycles. The summed E-state index contributed by atoms with van der Waals surface area (Å²) in [6.45, 7) is 0. The highest BCUT2D eigenvalue weighted by atomic mass is 32.1. The van der Waals surface area contributed by atoms with Crippen molar-refractivity contribution in [3.63, 3.8) is 0 Å². The number of anilines is 2. The molecular formula is C14H13FN2S. The zero-order chi connectivity index (χ0) is 13.0. The van der Waals surface area contributed by atoms with Gasteiger partial charge in [-0.15, -0.1) is 0 Å². The Morgan fingerprint density at radius 3 is 2.50 bits per heavy atom. The molecule has 0 heterocycles. The van der Waals surface area contributed by atoms with Crippen LogP contribution in [0.5, 0.6) is 0 Å². The highest BCUT2D eigenvalue weighted by Gasteiger charge is 2.07. The summed E-state index contributed by atoms with van der Waals surface area (Å²) in [6, 6.07) is 15.9. The molecule has 0 amide bonds. The van der Waals surface area contributed by atoms with Crippen molar-refractivity contribution in [3.05, 3.63) is 60.4 Å². The fourth-order valence-corrected chi connectivity index (χ4v) is 1.75. The van der Waals surface area contributed by atoms with Gasteiger partial charge < -0.3 is 10.2 Å². The lowest BCUT2D eigenvalue weighted by molar-refractivity contribution is 0.628. The molecular weight excluding hydrogens is 247 g/mol. The third-order valence-electron chi connectivity index (χ3n) is 2.53. The molecule has 0 atom stereocenters. The fourth-order valence-electron chi connectivity index (χ4n) is 1.53. The summed E-state index contributed by atoms with van der Waals surface area (Å²) in [7, 11) is 1.80. The molecule has 2 aromatic carbocycles. The summed E-state index contributed by atoms with van der Waals surface area (Å²) < 4.78 is 13.1. The molecule has 4 heteroatoms. The van der Waals surface area contributed by atoms with Gasteiger partial charge in [-0.2, -0.15) is 0 Å². The van der Waals surface area contributed by atoms with Gasteiger partial charge in [0.25, 0.3) is 0 Å². The minimum absolute atomic E-state index is 0.276. The van der Waals surface area contributed by atoms with E-state index < -0.39 is 0 Å². The van der Waals surface area contributed by atoms with E-state index in [9.17, 15) is 4.39 Å². The minimum Gasteiger partial charge on any atom is -0.332 e. The summed E-state index contributed by atoms with van der Waals surface area (Å²) in [5.74, 6) is -0.276. The first kappa shape index (κ1) is 12.5. The molecule has 0 unspecified atom stereocenters. The Hall–Kier alpha value is -1.94. The van der Waals surface area contributed by atoms with Crippen molar-refractivity contribution in [2.24, 2.45) is 0 Å². The van der Waals surface area contributed by atoms with Gasteiger partial charge >= 0.3 is 0 Å². The molecule has 0 aliphatic carbocycles. The van der Waals surface area contributed by atoms with Crippen molar-refractivity contribution in [3.8, 4) is 0 Å². The maximum Gasteiger partial charge on any atom is 0.177 e. The van der Waals surface area contributed by atoms with Crippen molar-refractivity contribution in [2.45, 2.75) is 0 Å². The number of halogens is 1. The van der Waals surface area contributed by atoms with E-state index >= 15 is 0 Å². The van der Waals surface area contributed by atoms with E-state index in [4.69, 9.17) is 12.2 Å². The van der Waals surface area contributed by atoms with Crippen molar-refractivity contribution >= 4 is 28.7 Å². The van der Waals surface area contributed by atoms with Crippen molar-refractivity contribution < 1.29 is 4.39 Å². The standard InChI is InChI=1S/C14H13FN2S/c1-17(13-9-5-6-11(15)10-13)14(18)16-12-7-3-2-4-8-12/h2-10H,1H3,(H,16,18). The van der Waals surface area contributed by atoms with E-state index in [0.717, 1.165) is 5.69 Å². The van der Waals surface area contributed by atoms with Crippen LogP contribution in [0.2, 0.25) is 0 Å². The topological polar surface area (TPSA) is 15.3 Å². The molecule has 2 aromatic rings. The fraction of sp³-hybridized carbons (Fsp3) is 0.0714. The Bertz CT molecular complexity index is 543. The zero-order valence-electron chi connectivity index (χ0n) is 9.93. The van der Waals surface area contributed by atoms with Crippen LogP contribution in [0.1, 0.15) is 0 Å². The summed E-state index contributed by atoms with van der Waals surface area (Å²) >= 11 is 5.28. The van der Waals surface area contributed by atoms with Crippen molar-refractivity contribution in [1.29, 1.82) is 0 Å². The number of thiocarbonyl (C=S) groups is 1. The summed E-state index contributed by atoms with van der Waals surface area (Å²) in [5, 5.41) is 3.61. The molecule has 2 nitrogen and oxygen atoms in total. The first-order chi connectivity index (χ1) is 8.66. The lowest BCUT2D eigenvalue weighted by Gasteiger charge is -2.21. The number of para-hydroxylation sites is 1. The van der Waals surface area contributed by atoms with Gasteiger partial charge in [-0.3, -0.25) is 0 Å². The van der Waals surface area contributed by atoms with Crippen molar-refractivity contribution in [1.82, 2.24) is 0 Å². The van der Waals surface area contributed by atoms with Crippen LogP contribution >= 0.6 is 12.2 Å². The maximum atomic E-state index is 13.1. The summed E-state index contributed by atoms with van der Waals surface area (Å²) in [4.78, 5) is 1.73. The second-order valence-corrected chi connectivity index (χ2v) is 4.22. The van der Waals surface area contributed by atoms with Crippen LogP contribution in [0.4, 0.5) is 15.8 Å². The van der Waals surface area contributed by atoms with Crippen LogP contribution in [0.15, 0.2) is 54.6 Å². The Labute approximate surface area is 111 Å². The molecule has 18 heavy (non-hydrogen) atoms. The minimum atomic E-state index is -0.276. The monoisotopic (exact) mass is 260 g/mol. The third kappa shape index (κ3) is 3.05. The van der Waals surface area contributed by atoms with Crippen LogP contribution in [-0.2, 0) is 0 Å². The number of hydrogen-bond donors (Lipinski definition) is 1. The van der Waals surface area contributed by atoms with E-state index in [-0.39, 0.29) is 5.82 Å². The Morgan fingerprint density at radius 1 is 1.11 bits per heavy atom. The number of nitrogens with zero attached hydrogens (tertiary/aromatic N) is 1. The van der Waals surface area contributed by atoms with Gasteiger partial charge in [-0.05, 0) is 42.5 Å². The zero-order valence-corrected chi connectivity index (χ0v) is 10.7. The first-order valence-corrected chi connectivity index (χ1v) is 5.93. The molecule has 1 N–H and O–H groups in total. The van der Waals surface area contributed by atoms with E-state index in [0.29, 0.717) is 10.8 Å².